The van der Waals surface area contributed by atoms with E-state index in [-0.39, 0.29) is 13.2 Å². The largest absolute Gasteiger partial charge is 0.481 e. The Balaban J connectivity index is 4.62. The maximum absolute atomic E-state index is 11.8. The van der Waals surface area contributed by atoms with Crippen LogP contribution in [0.2, 0.25) is 0 Å². The molecule has 0 saturated heterocycles. The minimum absolute atomic E-state index is 0.0716. The Hall–Kier alpha value is -1.63. The first-order valence-corrected chi connectivity index (χ1v) is 7.12. The number of hydrogen-bond acceptors (Lipinski definition) is 6. The number of hydrogen-bond donors (Lipinski definition) is 2. The van der Waals surface area contributed by atoms with Crippen molar-refractivity contribution in [2.45, 2.75) is 58.0 Å². The summed E-state index contributed by atoms with van der Waals surface area (Å²) in [6.45, 7) is 4.05. The molecule has 0 fully saturated rings. The Kier molecular flexibility index (Phi) is 9.36. The fourth-order valence-corrected chi connectivity index (χ4v) is 1.52. The third kappa shape index (κ3) is 8.29. The van der Waals surface area contributed by atoms with E-state index in [1.165, 1.54) is 0 Å². The molecule has 122 valence electrons. The second-order valence-corrected chi connectivity index (χ2v) is 4.84. The molecule has 0 bridgehead atoms. The van der Waals surface area contributed by atoms with Crippen LogP contribution in [-0.4, -0.2) is 46.9 Å². The van der Waals surface area contributed by atoms with Gasteiger partial charge in [0.25, 0.3) is 0 Å². The van der Waals surface area contributed by atoms with Gasteiger partial charge in [-0.2, -0.15) is 0 Å². The van der Waals surface area contributed by atoms with E-state index in [2.05, 4.69) is 0 Å². The SMILES string of the molecule is CCCCOC(=O)CC(O)(CC(=O)O)C(=O)OCCCC. The highest BCUT2D eigenvalue weighted by molar-refractivity contribution is 5.89. The lowest BCUT2D eigenvalue weighted by molar-refractivity contribution is -0.176. The second-order valence-electron chi connectivity index (χ2n) is 4.84. The average molecular weight is 304 g/mol. The quantitative estimate of drug-likeness (QED) is 0.437. The summed E-state index contributed by atoms with van der Waals surface area (Å²) in [6, 6.07) is 0. The van der Waals surface area contributed by atoms with Crippen LogP contribution in [0.1, 0.15) is 52.4 Å². The number of carbonyl (C=O) groups is 3. The Labute approximate surface area is 124 Å². The molecule has 2 N–H and O–H groups in total. The molecule has 0 rings (SSSR count). The van der Waals surface area contributed by atoms with E-state index in [0.717, 1.165) is 12.8 Å². The molecule has 0 saturated carbocycles. The highest BCUT2D eigenvalue weighted by atomic mass is 16.6. The van der Waals surface area contributed by atoms with E-state index in [4.69, 9.17) is 14.6 Å². The van der Waals surface area contributed by atoms with Crippen molar-refractivity contribution in [1.29, 1.82) is 0 Å². The topological polar surface area (TPSA) is 110 Å². The Morgan fingerprint density at radius 2 is 1.48 bits per heavy atom. The van der Waals surface area contributed by atoms with Crippen LogP contribution >= 0.6 is 0 Å². The predicted molar refractivity (Wildman–Crippen MR) is 73.6 cm³/mol. The maximum atomic E-state index is 11.8. The Bertz CT molecular complexity index is 353. The highest BCUT2D eigenvalue weighted by Crippen LogP contribution is 2.19. The lowest BCUT2D eigenvalue weighted by Crippen LogP contribution is -2.44. The highest BCUT2D eigenvalue weighted by Gasteiger charge is 2.42. The summed E-state index contributed by atoms with van der Waals surface area (Å²) in [5.74, 6) is -3.32. The summed E-state index contributed by atoms with van der Waals surface area (Å²) >= 11 is 0. The molecule has 0 heterocycles. The zero-order chi connectivity index (χ0) is 16.3. The first kappa shape index (κ1) is 19.4. The van der Waals surface area contributed by atoms with Crippen LogP contribution in [0.4, 0.5) is 0 Å². The van der Waals surface area contributed by atoms with Crippen molar-refractivity contribution >= 4 is 17.9 Å². The van der Waals surface area contributed by atoms with Crippen molar-refractivity contribution in [3.63, 3.8) is 0 Å². The van der Waals surface area contributed by atoms with Crippen LogP contribution in [-0.2, 0) is 23.9 Å². The number of aliphatic carboxylic acids is 1. The number of ether oxygens (including phenoxy) is 2. The standard InChI is InChI=1S/C14H24O7/c1-3-5-7-20-12(17)10-14(19,9-11(15)16)13(18)21-8-6-4-2/h19H,3-10H2,1-2H3,(H,15,16). The Morgan fingerprint density at radius 3 is 1.95 bits per heavy atom. The van der Waals surface area contributed by atoms with Gasteiger partial charge in [-0.1, -0.05) is 26.7 Å². The number of rotatable bonds is 11. The third-order valence-electron chi connectivity index (χ3n) is 2.75. The van der Waals surface area contributed by atoms with Crippen LogP contribution in [0.5, 0.6) is 0 Å². The number of carbonyl (C=O) groups excluding carboxylic acids is 2. The molecule has 1 unspecified atom stereocenters. The molecule has 0 aromatic carbocycles. The molecule has 7 nitrogen and oxygen atoms in total. The summed E-state index contributed by atoms with van der Waals surface area (Å²) in [7, 11) is 0. The smallest absolute Gasteiger partial charge is 0.339 e. The number of unbranched alkanes of at least 4 members (excludes halogenated alkanes) is 2. The molecule has 0 spiro atoms. The summed E-state index contributed by atoms with van der Waals surface area (Å²) in [5, 5.41) is 18.9. The van der Waals surface area contributed by atoms with Gasteiger partial charge in [-0.3, -0.25) is 9.59 Å². The molecule has 1 atom stereocenters. The van der Waals surface area contributed by atoms with Gasteiger partial charge in [0.1, 0.15) is 0 Å². The minimum Gasteiger partial charge on any atom is -0.481 e. The second kappa shape index (κ2) is 10.1. The molecule has 0 aromatic rings. The van der Waals surface area contributed by atoms with E-state index >= 15 is 0 Å². The van der Waals surface area contributed by atoms with Gasteiger partial charge in [-0.15, -0.1) is 0 Å². The normalized spacial score (nSPS) is 13.3. The van der Waals surface area contributed by atoms with Gasteiger partial charge in [-0.05, 0) is 12.8 Å². The van der Waals surface area contributed by atoms with Crippen LogP contribution < -0.4 is 0 Å². The van der Waals surface area contributed by atoms with Gasteiger partial charge in [0.2, 0.25) is 0 Å². The van der Waals surface area contributed by atoms with E-state index < -0.39 is 36.4 Å². The van der Waals surface area contributed by atoms with Crippen molar-refractivity contribution in [2.75, 3.05) is 13.2 Å². The lowest BCUT2D eigenvalue weighted by Gasteiger charge is -2.23. The fraction of sp³-hybridized carbons (Fsp3) is 0.786. The average Bonchev–Trinajstić information content (AvgIpc) is 2.38. The van der Waals surface area contributed by atoms with E-state index in [1.54, 1.807) is 0 Å². The van der Waals surface area contributed by atoms with Gasteiger partial charge >= 0.3 is 17.9 Å². The van der Waals surface area contributed by atoms with Crippen molar-refractivity contribution < 1.29 is 34.1 Å². The van der Waals surface area contributed by atoms with Crippen molar-refractivity contribution in [1.82, 2.24) is 0 Å². The zero-order valence-corrected chi connectivity index (χ0v) is 12.6. The molecule has 0 aromatic heterocycles. The van der Waals surface area contributed by atoms with Crippen LogP contribution in [0.15, 0.2) is 0 Å². The molecule has 0 aliphatic rings. The Morgan fingerprint density at radius 1 is 0.952 bits per heavy atom. The van der Waals surface area contributed by atoms with Gasteiger partial charge in [-0.25, -0.2) is 4.79 Å². The molecular weight excluding hydrogens is 280 g/mol. The van der Waals surface area contributed by atoms with Crippen LogP contribution in [0.25, 0.3) is 0 Å². The van der Waals surface area contributed by atoms with Crippen LogP contribution in [0, 0.1) is 0 Å². The number of carboxylic acid groups (broad SMARTS) is 1. The van der Waals surface area contributed by atoms with Gasteiger partial charge < -0.3 is 19.7 Å². The van der Waals surface area contributed by atoms with E-state index in [0.29, 0.717) is 12.8 Å². The molecule has 0 aliphatic carbocycles. The minimum atomic E-state index is -2.39. The van der Waals surface area contributed by atoms with Gasteiger partial charge in [0.15, 0.2) is 5.60 Å². The van der Waals surface area contributed by atoms with E-state index in [9.17, 15) is 19.5 Å². The molecule has 21 heavy (non-hydrogen) atoms. The van der Waals surface area contributed by atoms with E-state index in [1.807, 2.05) is 13.8 Å². The molecule has 0 aliphatic heterocycles. The lowest BCUT2D eigenvalue weighted by atomic mass is 9.95. The van der Waals surface area contributed by atoms with Crippen molar-refractivity contribution in [2.24, 2.45) is 0 Å². The summed E-state index contributed by atoms with van der Waals surface area (Å²) in [5.41, 5.74) is -2.39. The zero-order valence-electron chi connectivity index (χ0n) is 12.6. The third-order valence-corrected chi connectivity index (χ3v) is 2.75. The summed E-state index contributed by atoms with van der Waals surface area (Å²) in [6.07, 6.45) is 1.23. The molecule has 0 amide bonds. The summed E-state index contributed by atoms with van der Waals surface area (Å²) in [4.78, 5) is 34.1. The van der Waals surface area contributed by atoms with Crippen molar-refractivity contribution in [3.8, 4) is 0 Å². The van der Waals surface area contributed by atoms with Crippen molar-refractivity contribution in [3.05, 3.63) is 0 Å². The predicted octanol–water partition coefficient (Wildman–Crippen LogP) is 1.27. The first-order chi connectivity index (χ1) is 9.85. The molecule has 0 radical (unpaired) electrons. The number of aliphatic hydroxyl groups is 1. The summed E-state index contributed by atoms with van der Waals surface area (Å²) < 4.78 is 9.65. The molecule has 7 heteroatoms. The number of carboxylic acids is 1. The first-order valence-electron chi connectivity index (χ1n) is 7.12. The number of esters is 2. The van der Waals surface area contributed by atoms with Crippen LogP contribution in [0.3, 0.4) is 0 Å². The molecular formula is C14H24O7. The fourth-order valence-electron chi connectivity index (χ4n) is 1.52. The maximum Gasteiger partial charge on any atom is 0.339 e. The van der Waals surface area contributed by atoms with Gasteiger partial charge in [0, 0.05) is 0 Å². The van der Waals surface area contributed by atoms with Gasteiger partial charge in [0.05, 0.1) is 26.1 Å². The monoisotopic (exact) mass is 304 g/mol.